The molecule has 94 valence electrons. The third-order valence-corrected chi connectivity index (χ3v) is 2.84. The zero-order chi connectivity index (χ0) is 13.1. The van der Waals surface area contributed by atoms with Crippen LogP contribution in [0.15, 0.2) is 18.2 Å². The van der Waals surface area contributed by atoms with Crippen molar-refractivity contribution >= 4 is 5.78 Å². The quantitative estimate of drug-likeness (QED) is 0.788. The van der Waals surface area contributed by atoms with Crippen LogP contribution >= 0.6 is 0 Å². The lowest BCUT2D eigenvalue weighted by Gasteiger charge is -2.23. The molecule has 0 amide bonds. The molecule has 17 heavy (non-hydrogen) atoms. The first-order valence-electron chi connectivity index (χ1n) is 5.79. The second-order valence-electron chi connectivity index (χ2n) is 4.61. The summed E-state index contributed by atoms with van der Waals surface area (Å²) in [6.45, 7) is 7.69. The number of halogens is 1. The predicted molar refractivity (Wildman–Crippen MR) is 65.6 cm³/mol. The minimum Gasteiger partial charge on any atom is -0.368 e. The Kier molecular flexibility index (Phi) is 4.40. The minimum absolute atomic E-state index is 0.0342. The zero-order valence-electron chi connectivity index (χ0n) is 10.8. The van der Waals surface area contributed by atoms with Crippen LogP contribution in [0.4, 0.5) is 4.39 Å². The Hall–Kier alpha value is -1.22. The zero-order valence-corrected chi connectivity index (χ0v) is 10.8. The van der Waals surface area contributed by atoms with Crippen molar-refractivity contribution in [3.05, 3.63) is 35.1 Å². The summed E-state index contributed by atoms with van der Waals surface area (Å²) in [7, 11) is 0. The van der Waals surface area contributed by atoms with E-state index in [-0.39, 0.29) is 18.0 Å². The topological polar surface area (TPSA) is 26.3 Å². The average molecular weight is 238 g/mol. The molecule has 0 aliphatic rings. The molecule has 2 nitrogen and oxygen atoms in total. The van der Waals surface area contributed by atoms with E-state index >= 15 is 0 Å². The minimum atomic E-state index is -0.812. The molecule has 3 heteroatoms. The fraction of sp³-hybridized carbons (Fsp3) is 0.500. The lowest BCUT2D eigenvalue weighted by atomic mass is 9.94. The monoisotopic (exact) mass is 238 g/mol. The molecule has 0 fully saturated rings. The standard InChI is InChI=1S/C14H19FO2/c1-5-17-14(3,4)13(16)9-11-8-12(15)7-6-10(11)2/h6-8H,5,9H2,1-4H3. The summed E-state index contributed by atoms with van der Waals surface area (Å²) in [4.78, 5) is 12.0. The molecule has 0 unspecified atom stereocenters. The van der Waals surface area contributed by atoms with Gasteiger partial charge in [0.15, 0.2) is 5.78 Å². The van der Waals surface area contributed by atoms with Gasteiger partial charge in [-0.1, -0.05) is 6.07 Å². The molecule has 0 saturated carbocycles. The number of rotatable bonds is 5. The van der Waals surface area contributed by atoms with Crippen LogP contribution in [0.25, 0.3) is 0 Å². The Labute approximate surface area is 102 Å². The van der Waals surface area contributed by atoms with Crippen LogP contribution in [-0.4, -0.2) is 18.0 Å². The molecule has 0 aliphatic carbocycles. The van der Waals surface area contributed by atoms with E-state index in [1.165, 1.54) is 12.1 Å². The molecule has 1 rings (SSSR count). The van der Waals surface area contributed by atoms with Gasteiger partial charge in [0.25, 0.3) is 0 Å². The first-order chi connectivity index (χ1) is 7.86. The number of ether oxygens (including phenoxy) is 1. The highest BCUT2D eigenvalue weighted by molar-refractivity contribution is 5.88. The van der Waals surface area contributed by atoms with Gasteiger partial charge in [-0.15, -0.1) is 0 Å². The lowest BCUT2D eigenvalue weighted by molar-refractivity contribution is -0.139. The Morgan fingerprint density at radius 2 is 2.06 bits per heavy atom. The third-order valence-electron chi connectivity index (χ3n) is 2.84. The highest BCUT2D eigenvalue weighted by Gasteiger charge is 2.27. The largest absolute Gasteiger partial charge is 0.368 e. The van der Waals surface area contributed by atoms with Gasteiger partial charge < -0.3 is 4.74 Å². The van der Waals surface area contributed by atoms with Crippen molar-refractivity contribution in [2.75, 3.05) is 6.61 Å². The molecule has 0 atom stereocenters. The van der Waals surface area contributed by atoms with Gasteiger partial charge in [-0.2, -0.15) is 0 Å². The maximum atomic E-state index is 13.1. The van der Waals surface area contributed by atoms with Gasteiger partial charge in [0.05, 0.1) is 0 Å². The molecule has 1 aromatic rings. The smallest absolute Gasteiger partial charge is 0.168 e. The SMILES string of the molecule is CCOC(C)(C)C(=O)Cc1cc(F)ccc1C. The summed E-state index contributed by atoms with van der Waals surface area (Å²) >= 11 is 0. The van der Waals surface area contributed by atoms with Gasteiger partial charge in [-0.25, -0.2) is 4.39 Å². The summed E-state index contributed by atoms with van der Waals surface area (Å²) < 4.78 is 18.5. The summed E-state index contributed by atoms with van der Waals surface area (Å²) in [5, 5.41) is 0. The number of Topliss-reactive ketones (excluding diaryl/α,β-unsaturated/α-hetero) is 1. The van der Waals surface area contributed by atoms with E-state index in [4.69, 9.17) is 4.74 Å². The number of hydrogen-bond donors (Lipinski definition) is 0. The Morgan fingerprint density at radius 3 is 2.65 bits per heavy atom. The van der Waals surface area contributed by atoms with E-state index < -0.39 is 5.60 Å². The first kappa shape index (κ1) is 13.8. The molecule has 0 bridgehead atoms. The number of hydrogen-bond acceptors (Lipinski definition) is 2. The van der Waals surface area contributed by atoms with Crippen molar-refractivity contribution in [2.45, 2.75) is 39.7 Å². The fourth-order valence-electron chi connectivity index (χ4n) is 1.66. The van der Waals surface area contributed by atoms with E-state index in [0.717, 1.165) is 11.1 Å². The Bertz CT molecular complexity index is 411. The molecule has 0 spiro atoms. The van der Waals surface area contributed by atoms with Gasteiger partial charge in [-0.3, -0.25) is 4.79 Å². The summed E-state index contributed by atoms with van der Waals surface area (Å²) in [5.41, 5.74) is 0.836. The van der Waals surface area contributed by atoms with Crippen LogP contribution in [0.1, 0.15) is 31.9 Å². The average Bonchev–Trinajstić information content (AvgIpc) is 2.23. The maximum Gasteiger partial charge on any atom is 0.168 e. The summed E-state index contributed by atoms with van der Waals surface area (Å²) in [5.74, 6) is -0.347. The molecule has 0 N–H and O–H groups in total. The third kappa shape index (κ3) is 3.63. The van der Waals surface area contributed by atoms with Crippen molar-refractivity contribution in [1.82, 2.24) is 0 Å². The molecule has 0 aliphatic heterocycles. The van der Waals surface area contributed by atoms with E-state index in [9.17, 15) is 9.18 Å². The van der Waals surface area contributed by atoms with Gasteiger partial charge >= 0.3 is 0 Å². The lowest BCUT2D eigenvalue weighted by Crippen LogP contribution is -2.36. The number of ketones is 1. The highest BCUT2D eigenvalue weighted by atomic mass is 19.1. The number of carbonyl (C=O) groups is 1. The van der Waals surface area contributed by atoms with Gasteiger partial charge in [0, 0.05) is 13.0 Å². The number of aryl methyl sites for hydroxylation is 1. The van der Waals surface area contributed by atoms with Crippen molar-refractivity contribution in [3.8, 4) is 0 Å². The second-order valence-corrected chi connectivity index (χ2v) is 4.61. The van der Waals surface area contributed by atoms with Gasteiger partial charge in [0.2, 0.25) is 0 Å². The molecular formula is C14H19FO2. The van der Waals surface area contributed by atoms with Crippen LogP contribution in [0, 0.1) is 12.7 Å². The normalized spacial score (nSPS) is 11.6. The van der Waals surface area contributed by atoms with Crippen LogP contribution < -0.4 is 0 Å². The van der Waals surface area contributed by atoms with E-state index in [0.29, 0.717) is 6.61 Å². The van der Waals surface area contributed by atoms with Crippen molar-refractivity contribution in [3.63, 3.8) is 0 Å². The Morgan fingerprint density at radius 1 is 1.41 bits per heavy atom. The van der Waals surface area contributed by atoms with Crippen LogP contribution in [0.2, 0.25) is 0 Å². The molecule has 0 radical (unpaired) electrons. The highest BCUT2D eigenvalue weighted by Crippen LogP contribution is 2.17. The van der Waals surface area contributed by atoms with E-state index in [1.807, 2.05) is 13.8 Å². The van der Waals surface area contributed by atoms with E-state index in [1.54, 1.807) is 19.9 Å². The maximum absolute atomic E-state index is 13.1. The van der Waals surface area contributed by atoms with Crippen LogP contribution in [0.3, 0.4) is 0 Å². The Balaban J connectivity index is 2.84. The van der Waals surface area contributed by atoms with Crippen molar-refractivity contribution < 1.29 is 13.9 Å². The number of carbonyl (C=O) groups excluding carboxylic acids is 1. The second kappa shape index (κ2) is 5.41. The number of benzene rings is 1. The molecule has 0 aromatic heterocycles. The first-order valence-corrected chi connectivity index (χ1v) is 5.79. The molecular weight excluding hydrogens is 219 g/mol. The molecule has 0 heterocycles. The molecule has 1 aromatic carbocycles. The van der Waals surface area contributed by atoms with Gasteiger partial charge in [-0.05, 0) is 51.0 Å². The summed E-state index contributed by atoms with van der Waals surface area (Å²) in [6.07, 6.45) is 0.205. The van der Waals surface area contributed by atoms with Crippen molar-refractivity contribution in [2.24, 2.45) is 0 Å². The van der Waals surface area contributed by atoms with Crippen LogP contribution in [0.5, 0.6) is 0 Å². The van der Waals surface area contributed by atoms with Crippen molar-refractivity contribution in [1.29, 1.82) is 0 Å². The fourth-order valence-corrected chi connectivity index (χ4v) is 1.66. The van der Waals surface area contributed by atoms with E-state index in [2.05, 4.69) is 0 Å². The summed E-state index contributed by atoms with van der Waals surface area (Å²) in [6, 6.07) is 4.50. The van der Waals surface area contributed by atoms with Gasteiger partial charge in [0.1, 0.15) is 11.4 Å². The van der Waals surface area contributed by atoms with Crippen LogP contribution in [-0.2, 0) is 16.0 Å². The predicted octanol–water partition coefficient (Wildman–Crippen LogP) is 3.06. The molecule has 0 saturated heterocycles.